The molecule has 0 unspecified atom stereocenters. The van der Waals surface area contributed by atoms with Gasteiger partial charge in [-0.1, -0.05) is 41.4 Å². The number of anilines is 2. The van der Waals surface area contributed by atoms with E-state index in [9.17, 15) is 13.2 Å². The second kappa shape index (κ2) is 8.87. The molecule has 172 valence electrons. The summed E-state index contributed by atoms with van der Waals surface area (Å²) in [6, 6.07) is 17.2. The minimum Gasteiger partial charge on any atom is -0.322 e. The van der Waals surface area contributed by atoms with E-state index in [-0.39, 0.29) is 16.3 Å². The second-order valence-electron chi connectivity index (χ2n) is 7.81. The highest BCUT2D eigenvalue weighted by Crippen LogP contribution is 2.31. The Morgan fingerprint density at radius 1 is 1.00 bits per heavy atom. The number of rotatable bonds is 4. The first kappa shape index (κ1) is 22.6. The van der Waals surface area contributed by atoms with Crippen LogP contribution in [0.5, 0.6) is 0 Å². The molecular formula is C24H18Cl2N4O3S. The van der Waals surface area contributed by atoms with Gasteiger partial charge >= 0.3 is 0 Å². The van der Waals surface area contributed by atoms with Crippen molar-refractivity contribution < 1.29 is 13.2 Å². The summed E-state index contributed by atoms with van der Waals surface area (Å²) in [4.78, 5) is 21.9. The number of benzene rings is 3. The number of carbonyl (C=O) groups is 1. The van der Waals surface area contributed by atoms with E-state index in [1.165, 1.54) is 16.4 Å². The maximum atomic E-state index is 12.9. The van der Waals surface area contributed by atoms with Crippen LogP contribution >= 0.6 is 23.2 Å². The fourth-order valence-corrected chi connectivity index (χ4v) is 5.87. The van der Waals surface area contributed by atoms with Crippen LogP contribution in [0.15, 0.2) is 66.9 Å². The van der Waals surface area contributed by atoms with Crippen LogP contribution in [0.1, 0.15) is 16.8 Å². The number of hydrogen-bond donors (Lipinski definition) is 1. The minimum absolute atomic E-state index is 0.104. The third-order valence-electron chi connectivity index (χ3n) is 5.54. The van der Waals surface area contributed by atoms with E-state index in [0.29, 0.717) is 40.8 Å². The van der Waals surface area contributed by atoms with E-state index < -0.39 is 15.9 Å². The molecule has 1 fully saturated rings. The zero-order chi connectivity index (χ0) is 23.9. The van der Waals surface area contributed by atoms with Gasteiger partial charge in [-0.25, -0.2) is 18.4 Å². The fourth-order valence-electron chi connectivity index (χ4n) is 3.85. The lowest BCUT2D eigenvalue weighted by molar-refractivity contribution is 0.102. The average molecular weight is 513 g/mol. The SMILES string of the molecule is O=C(Nc1ccc(Cl)c(-c2ncc3ccccc3n2)c1)c1ccc(N2CCCS2(=O)=O)cc1Cl. The minimum atomic E-state index is -3.34. The lowest BCUT2D eigenvalue weighted by Gasteiger charge is -2.18. The van der Waals surface area contributed by atoms with Crippen molar-refractivity contribution >= 4 is 61.4 Å². The molecule has 0 spiro atoms. The lowest BCUT2D eigenvalue weighted by Crippen LogP contribution is -2.25. The Labute approximate surface area is 206 Å². The number of fused-ring (bicyclic) bond motifs is 1. The van der Waals surface area contributed by atoms with Gasteiger partial charge in [-0.2, -0.15) is 0 Å². The number of amides is 1. The predicted octanol–water partition coefficient (Wildman–Crippen LogP) is 5.40. The van der Waals surface area contributed by atoms with Gasteiger partial charge in [0.05, 0.1) is 32.6 Å². The Morgan fingerprint density at radius 2 is 1.82 bits per heavy atom. The molecule has 0 saturated carbocycles. The molecule has 1 N–H and O–H groups in total. The molecule has 1 aliphatic rings. The largest absolute Gasteiger partial charge is 0.322 e. The van der Waals surface area contributed by atoms with Crippen LogP contribution in [0.25, 0.3) is 22.3 Å². The highest BCUT2D eigenvalue weighted by atomic mass is 35.5. The van der Waals surface area contributed by atoms with Gasteiger partial charge in [-0.3, -0.25) is 9.10 Å². The summed E-state index contributed by atoms with van der Waals surface area (Å²) >= 11 is 12.7. The summed E-state index contributed by atoms with van der Waals surface area (Å²) < 4.78 is 25.6. The van der Waals surface area contributed by atoms with E-state index in [0.717, 1.165) is 10.9 Å². The molecule has 1 saturated heterocycles. The van der Waals surface area contributed by atoms with Crippen molar-refractivity contribution in [2.75, 3.05) is 21.9 Å². The molecule has 1 aromatic heterocycles. The summed E-state index contributed by atoms with van der Waals surface area (Å²) in [5.74, 6) is 0.106. The third-order valence-corrected chi connectivity index (χ3v) is 8.05. The van der Waals surface area contributed by atoms with Crippen LogP contribution in [-0.4, -0.2) is 36.6 Å². The molecule has 2 heterocycles. The van der Waals surface area contributed by atoms with Crippen molar-refractivity contribution in [3.8, 4) is 11.4 Å². The van der Waals surface area contributed by atoms with Crippen molar-refractivity contribution in [3.05, 3.63) is 82.5 Å². The van der Waals surface area contributed by atoms with Crippen LogP contribution in [-0.2, 0) is 10.0 Å². The molecule has 1 amide bonds. The van der Waals surface area contributed by atoms with E-state index in [1.807, 2.05) is 24.3 Å². The van der Waals surface area contributed by atoms with Gasteiger partial charge < -0.3 is 5.32 Å². The first-order valence-electron chi connectivity index (χ1n) is 10.4. The van der Waals surface area contributed by atoms with E-state index in [4.69, 9.17) is 23.2 Å². The first-order chi connectivity index (χ1) is 16.3. The van der Waals surface area contributed by atoms with Crippen LogP contribution in [0.2, 0.25) is 10.0 Å². The standard InChI is InChI=1S/C24H18Cl2N4O3S/c25-20-9-6-16(12-19(20)23-27-14-15-4-1-2-5-22(15)29-23)28-24(31)18-8-7-17(13-21(18)26)30-10-3-11-34(30,32)33/h1-2,4-9,12-14H,3,10-11H2,(H,28,31). The summed E-state index contributed by atoms with van der Waals surface area (Å²) in [6.45, 7) is 0.397. The lowest BCUT2D eigenvalue weighted by atomic mass is 10.1. The molecular weight excluding hydrogens is 495 g/mol. The summed E-state index contributed by atoms with van der Waals surface area (Å²) in [6.07, 6.45) is 2.28. The van der Waals surface area contributed by atoms with Crippen LogP contribution < -0.4 is 9.62 Å². The van der Waals surface area contributed by atoms with Gasteiger partial charge in [0, 0.05) is 29.4 Å². The summed E-state index contributed by atoms with van der Waals surface area (Å²) in [5.41, 5.74) is 2.51. The number of halogens is 2. The Hall–Kier alpha value is -3.20. The number of aromatic nitrogens is 2. The number of carbonyl (C=O) groups excluding carboxylic acids is 1. The molecule has 0 atom stereocenters. The number of nitrogens with zero attached hydrogens (tertiary/aromatic N) is 3. The maximum Gasteiger partial charge on any atom is 0.257 e. The van der Waals surface area contributed by atoms with Crippen molar-refractivity contribution in [2.24, 2.45) is 0 Å². The normalized spacial score (nSPS) is 14.9. The van der Waals surface area contributed by atoms with Crippen molar-refractivity contribution in [1.82, 2.24) is 9.97 Å². The average Bonchev–Trinajstić information content (AvgIpc) is 3.18. The van der Waals surface area contributed by atoms with Crippen LogP contribution in [0, 0.1) is 0 Å². The Balaban J connectivity index is 1.41. The zero-order valence-electron chi connectivity index (χ0n) is 17.7. The quantitative estimate of drug-likeness (QED) is 0.395. The van der Waals surface area contributed by atoms with Gasteiger partial charge in [0.25, 0.3) is 5.91 Å². The van der Waals surface area contributed by atoms with Gasteiger partial charge in [-0.15, -0.1) is 0 Å². The smallest absolute Gasteiger partial charge is 0.257 e. The number of para-hydroxylation sites is 1. The Kier molecular flexibility index (Phi) is 5.89. The van der Waals surface area contributed by atoms with E-state index in [2.05, 4.69) is 15.3 Å². The number of nitrogens with one attached hydrogen (secondary N) is 1. The molecule has 0 bridgehead atoms. The molecule has 1 aliphatic heterocycles. The highest BCUT2D eigenvalue weighted by molar-refractivity contribution is 7.93. The van der Waals surface area contributed by atoms with Gasteiger partial charge in [-0.05, 0) is 48.9 Å². The molecule has 4 aromatic rings. The van der Waals surface area contributed by atoms with E-state index in [1.54, 1.807) is 30.5 Å². The molecule has 10 heteroatoms. The molecule has 34 heavy (non-hydrogen) atoms. The van der Waals surface area contributed by atoms with Gasteiger partial charge in [0.15, 0.2) is 5.82 Å². The van der Waals surface area contributed by atoms with Gasteiger partial charge in [0.1, 0.15) is 0 Å². The summed E-state index contributed by atoms with van der Waals surface area (Å²) in [5, 5.41) is 4.32. The van der Waals surface area contributed by atoms with Gasteiger partial charge in [0.2, 0.25) is 10.0 Å². The topological polar surface area (TPSA) is 92.3 Å². The number of hydrogen-bond acceptors (Lipinski definition) is 5. The monoisotopic (exact) mass is 512 g/mol. The predicted molar refractivity (Wildman–Crippen MR) is 135 cm³/mol. The molecule has 0 radical (unpaired) electrons. The summed E-state index contributed by atoms with van der Waals surface area (Å²) in [7, 11) is -3.34. The van der Waals surface area contributed by atoms with Crippen molar-refractivity contribution in [2.45, 2.75) is 6.42 Å². The van der Waals surface area contributed by atoms with Crippen molar-refractivity contribution in [1.29, 1.82) is 0 Å². The maximum absolute atomic E-state index is 12.9. The Bertz CT molecular complexity index is 1540. The van der Waals surface area contributed by atoms with Crippen LogP contribution in [0.3, 0.4) is 0 Å². The number of sulfonamides is 1. The Morgan fingerprint density at radius 3 is 2.59 bits per heavy atom. The fraction of sp³-hybridized carbons (Fsp3) is 0.125. The highest BCUT2D eigenvalue weighted by Gasteiger charge is 2.29. The van der Waals surface area contributed by atoms with E-state index >= 15 is 0 Å². The third kappa shape index (κ3) is 4.32. The molecule has 3 aromatic carbocycles. The molecule has 5 rings (SSSR count). The van der Waals surface area contributed by atoms with Crippen LogP contribution in [0.4, 0.5) is 11.4 Å². The zero-order valence-corrected chi connectivity index (χ0v) is 20.0. The van der Waals surface area contributed by atoms with Crippen molar-refractivity contribution in [3.63, 3.8) is 0 Å². The molecule has 7 nitrogen and oxygen atoms in total. The second-order valence-corrected chi connectivity index (χ2v) is 10.6. The first-order valence-corrected chi connectivity index (χ1v) is 12.8. The molecule has 0 aliphatic carbocycles.